The fraction of sp³-hybridized carbons (Fsp3) is 0.733. The van der Waals surface area contributed by atoms with Crippen molar-refractivity contribution in [3.05, 3.63) is 11.9 Å². The Balaban J connectivity index is 1.59. The zero-order valence-electron chi connectivity index (χ0n) is 11.8. The van der Waals surface area contributed by atoms with Crippen LogP contribution in [0.25, 0.3) is 0 Å². The van der Waals surface area contributed by atoms with E-state index in [9.17, 15) is 5.11 Å². The molecular formula is C15H20N2O3. The molecule has 20 heavy (non-hydrogen) atoms. The summed E-state index contributed by atoms with van der Waals surface area (Å²) in [6, 6.07) is 0. The molecule has 5 unspecified atom stereocenters. The lowest BCUT2D eigenvalue weighted by atomic mass is 9.97. The average molecular weight is 276 g/mol. The highest BCUT2D eigenvalue weighted by Gasteiger charge is 2.67. The van der Waals surface area contributed by atoms with E-state index in [1.165, 1.54) is 19.3 Å². The maximum Gasteiger partial charge on any atom is 0.241 e. The molecule has 3 fully saturated rings. The number of nitrogens with zero attached hydrogens (tertiary/aromatic N) is 2. The van der Waals surface area contributed by atoms with Crippen LogP contribution in [0.1, 0.15) is 31.1 Å². The zero-order chi connectivity index (χ0) is 13.9. The van der Waals surface area contributed by atoms with Crippen LogP contribution in [0.15, 0.2) is 6.20 Å². The predicted molar refractivity (Wildman–Crippen MR) is 71.4 cm³/mol. The van der Waals surface area contributed by atoms with Gasteiger partial charge in [0.05, 0.1) is 20.4 Å². The Morgan fingerprint density at radius 1 is 1.20 bits per heavy atom. The summed E-state index contributed by atoms with van der Waals surface area (Å²) in [7, 11) is 3.10. The summed E-state index contributed by atoms with van der Waals surface area (Å²) in [4.78, 5) is 8.54. The molecule has 0 amide bonds. The van der Waals surface area contributed by atoms with Gasteiger partial charge in [-0.3, -0.25) is 0 Å². The molecule has 5 heteroatoms. The van der Waals surface area contributed by atoms with Crippen LogP contribution in [-0.4, -0.2) is 29.3 Å². The third-order valence-electron chi connectivity index (χ3n) is 5.59. The Hall–Kier alpha value is -1.36. The van der Waals surface area contributed by atoms with Crippen LogP contribution in [0.4, 0.5) is 0 Å². The third kappa shape index (κ3) is 1.59. The maximum absolute atomic E-state index is 10.7. The Morgan fingerprint density at radius 2 is 1.90 bits per heavy atom. The van der Waals surface area contributed by atoms with E-state index in [2.05, 4.69) is 9.97 Å². The number of hydrogen-bond donors (Lipinski definition) is 1. The van der Waals surface area contributed by atoms with Crippen LogP contribution in [0.2, 0.25) is 0 Å². The fourth-order valence-corrected chi connectivity index (χ4v) is 4.81. The largest absolute Gasteiger partial charge is 0.480 e. The minimum absolute atomic E-state index is 0.359. The van der Waals surface area contributed by atoms with E-state index in [1.807, 2.05) is 0 Å². The summed E-state index contributed by atoms with van der Waals surface area (Å²) in [6.45, 7) is 0. The Bertz CT molecular complexity index is 520. The summed E-state index contributed by atoms with van der Waals surface area (Å²) < 4.78 is 10.3. The van der Waals surface area contributed by atoms with Crippen LogP contribution in [0, 0.1) is 29.6 Å². The van der Waals surface area contributed by atoms with Gasteiger partial charge in [0.25, 0.3) is 0 Å². The molecule has 5 atom stereocenters. The monoisotopic (exact) mass is 276 g/mol. The van der Waals surface area contributed by atoms with E-state index in [0.717, 1.165) is 11.8 Å². The van der Waals surface area contributed by atoms with Crippen LogP contribution in [0.5, 0.6) is 11.8 Å². The maximum atomic E-state index is 10.7. The van der Waals surface area contributed by atoms with Crippen LogP contribution in [0.3, 0.4) is 0 Å². The van der Waals surface area contributed by atoms with Crippen molar-refractivity contribution in [3.8, 4) is 11.8 Å². The van der Waals surface area contributed by atoms with Crippen LogP contribution in [-0.2, 0) is 0 Å². The number of methoxy groups -OCH3 is 2. The zero-order valence-corrected chi connectivity index (χ0v) is 11.8. The molecule has 3 saturated carbocycles. The van der Waals surface area contributed by atoms with Gasteiger partial charge in [-0.1, -0.05) is 0 Å². The smallest absolute Gasteiger partial charge is 0.241 e. The van der Waals surface area contributed by atoms with Gasteiger partial charge in [-0.2, -0.15) is 4.98 Å². The van der Waals surface area contributed by atoms with Crippen molar-refractivity contribution in [3.63, 3.8) is 0 Å². The molecule has 0 radical (unpaired) electrons. The van der Waals surface area contributed by atoms with Crippen LogP contribution >= 0.6 is 0 Å². The number of aromatic nitrogens is 2. The van der Waals surface area contributed by atoms with Crippen molar-refractivity contribution in [1.29, 1.82) is 0 Å². The first kappa shape index (κ1) is 12.4. The minimum Gasteiger partial charge on any atom is -0.480 e. The van der Waals surface area contributed by atoms with Gasteiger partial charge in [0.2, 0.25) is 11.8 Å². The van der Waals surface area contributed by atoms with E-state index >= 15 is 0 Å². The molecule has 108 valence electrons. The molecule has 3 aliphatic carbocycles. The van der Waals surface area contributed by atoms with Gasteiger partial charge < -0.3 is 14.6 Å². The number of hydrogen-bond acceptors (Lipinski definition) is 5. The summed E-state index contributed by atoms with van der Waals surface area (Å²) in [6.07, 6.45) is 5.07. The minimum atomic E-state index is -0.554. The van der Waals surface area contributed by atoms with Crippen LogP contribution < -0.4 is 9.47 Å². The van der Waals surface area contributed by atoms with Gasteiger partial charge in [-0.15, -0.1) is 0 Å². The Labute approximate surface area is 118 Å². The highest BCUT2D eigenvalue weighted by atomic mass is 16.5. The van der Waals surface area contributed by atoms with Gasteiger partial charge in [0.15, 0.2) is 0 Å². The van der Waals surface area contributed by atoms with E-state index < -0.39 is 6.10 Å². The lowest BCUT2D eigenvalue weighted by Gasteiger charge is -2.16. The summed E-state index contributed by atoms with van der Waals surface area (Å²) >= 11 is 0. The quantitative estimate of drug-likeness (QED) is 0.908. The Morgan fingerprint density at radius 3 is 2.50 bits per heavy atom. The van der Waals surface area contributed by atoms with Gasteiger partial charge in [0, 0.05) is 0 Å². The molecule has 4 rings (SSSR count). The predicted octanol–water partition coefficient (Wildman–Crippen LogP) is 1.82. The SMILES string of the molecule is COc1cnc(C(O)C2C3C4CCC(C4)C32)c(OC)n1. The van der Waals surface area contributed by atoms with Gasteiger partial charge in [0.1, 0.15) is 11.8 Å². The van der Waals surface area contributed by atoms with E-state index in [-0.39, 0.29) is 0 Å². The van der Waals surface area contributed by atoms with Gasteiger partial charge >= 0.3 is 0 Å². The molecule has 0 aliphatic heterocycles. The fourth-order valence-electron chi connectivity index (χ4n) is 4.81. The summed E-state index contributed by atoms with van der Waals surface area (Å²) in [5.74, 6) is 4.24. The molecule has 2 bridgehead atoms. The molecule has 0 saturated heterocycles. The standard InChI is InChI=1S/C15H20N2O3/c1-19-9-6-16-13(15(17-9)20-2)14(18)12-10-7-3-4-8(5-7)11(10)12/h6-8,10-12,14,18H,3-5H2,1-2H3. The summed E-state index contributed by atoms with van der Waals surface area (Å²) in [5.41, 5.74) is 0.562. The molecule has 5 nitrogen and oxygen atoms in total. The topological polar surface area (TPSA) is 64.5 Å². The second-order valence-electron chi connectivity index (χ2n) is 6.32. The van der Waals surface area contributed by atoms with Gasteiger partial charge in [-0.25, -0.2) is 4.98 Å². The lowest BCUT2D eigenvalue weighted by molar-refractivity contribution is 0.121. The molecule has 1 heterocycles. The van der Waals surface area contributed by atoms with Crippen molar-refractivity contribution in [2.45, 2.75) is 25.4 Å². The Kier molecular flexibility index (Phi) is 2.67. The molecule has 1 aromatic rings. The third-order valence-corrected chi connectivity index (χ3v) is 5.59. The highest BCUT2D eigenvalue weighted by molar-refractivity contribution is 5.28. The molecule has 1 aromatic heterocycles. The molecule has 0 spiro atoms. The highest BCUT2D eigenvalue weighted by Crippen LogP contribution is 2.72. The number of rotatable bonds is 4. The first-order valence-corrected chi connectivity index (χ1v) is 7.37. The second kappa shape index (κ2) is 4.32. The van der Waals surface area contributed by atoms with Crippen molar-refractivity contribution in [1.82, 2.24) is 9.97 Å². The van der Waals surface area contributed by atoms with Crippen molar-refractivity contribution in [2.24, 2.45) is 29.6 Å². The first-order valence-electron chi connectivity index (χ1n) is 7.37. The van der Waals surface area contributed by atoms with Crippen molar-refractivity contribution >= 4 is 0 Å². The molecule has 3 aliphatic rings. The van der Waals surface area contributed by atoms with E-state index in [1.54, 1.807) is 20.4 Å². The summed E-state index contributed by atoms with van der Waals surface area (Å²) in [5, 5.41) is 10.7. The van der Waals surface area contributed by atoms with E-state index in [4.69, 9.17) is 9.47 Å². The second-order valence-corrected chi connectivity index (χ2v) is 6.32. The average Bonchev–Trinajstić information content (AvgIpc) is 2.93. The van der Waals surface area contributed by atoms with Crippen molar-refractivity contribution < 1.29 is 14.6 Å². The van der Waals surface area contributed by atoms with Crippen molar-refractivity contribution in [2.75, 3.05) is 14.2 Å². The molecule has 0 aromatic carbocycles. The number of aliphatic hydroxyl groups excluding tert-OH is 1. The molecular weight excluding hydrogens is 256 g/mol. The number of aliphatic hydroxyl groups is 1. The lowest BCUT2D eigenvalue weighted by Crippen LogP contribution is -2.12. The van der Waals surface area contributed by atoms with Gasteiger partial charge in [-0.05, 0) is 48.9 Å². The van der Waals surface area contributed by atoms with E-state index in [0.29, 0.717) is 35.2 Å². The number of fused-ring (bicyclic) bond motifs is 5. The normalized spacial score (nSPS) is 38.5. The first-order chi connectivity index (χ1) is 9.74. The molecule has 1 N–H and O–H groups in total. The number of ether oxygens (including phenoxy) is 2.